The van der Waals surface area contributed by atoms with E-state index >= 15 is 0 Å². The molecule has 0 bridgehead atoms. The van der Waals surface area contributed by atoms with Crippen molar-refractivity contribution in [2.45, 2.75) is 12.5 Å². The summed E-state index contributed by atoms with van der Waals surface area (Å²) in [6.45, 7) is 0. The summed E-state index contributed by atoms with van der Waals surface area (Å²) in [4.78, 5) is 0. The molecule has 0 aromatic rings. The number of hydrogen-bond acceptors (Lipinski definition) is 1. The maximum atomic E-state index is 8.61. The Labute approximate surface area is 37.3 Å². The highest BCUT2D eigenvalue weighted by Crippen LogP contribution is 2.05. The molecule has 1 atom stereocenters. The molecule has 0 amide bonds. The van der Waals surface area contributed by atoms with Crippen LogP contribution in [-0.4, -0.2) is 11.2 Å². The van der Waals surface area contributed by atoms with Crippen molar-refractivity contribution in [1.82, 2.24) is 0 Å². The molecule has 1 heteroatoms. The van der Waals surface area contributed by atoms with Crippen molar-refractivity contribution in [3.8, 4) is 0 Å². The number of hydrogen-bond donors (Lipinski definition) is 1. The van der Waals surface area contributed by atoms with E-state index < -0.39 is 0 Å². The number of aliphatic hydroxyl groups is 1. The molecule has 1 aliphatic carbocycles. The Bertz CT molecular complexity index is 66.3. The molecule has 0 unspecified atom stereocenters. The second-order valence-electron chi connectivity index (χ2n) is 1.42. The van der Waals surface area contributed by atoms with Gasteiger partial charge in [0.1, 0.15) is 0 Å². The zero-order valence-corrected chi connectivity index (χ0v) is 3.46. The van der Waals surface area contributed by atoms with Crippen LogP contribution >= 0.6 is 0 Å². The summed E-state index contributed by atoms with van der Waals surface area (Å²) < 4.78 is 0. The van der Waals surface area contributed by atoms with Gasteiger partial charge in [0.2, 0.25) is 0 Å². The Balaban J connectivity index is 2.38. The van der Waals surface area contributed by atoms with Crippen LogP contribution in [0.3, 0.4) is 0 Å². The molecule has 0 spiro atoms. The molecule has 1 N–H and O–H groups in total. The lowest BCUT2D eigenvalue weighted by molar-refractivity contribution is 0.230. The fourth-order valence-corrected chi connectivity index (χ4v) is 0.503. The lowest BCUT2D eigenvalue weighted by Crippen LogP contribution is -1.93. The molecule has 1 nitrogen and oxygen atoms in total. The summed E-state index contributed by atoms with van der Waals surface area (Å²) in [7, 11) is 0. The quantitative estimate of drug-likeness (QED) is 0.452. The van der Waals surface area contributed by atoms with Gasteiger partial charge in [-0.25, -0.2) is 0 Å². The van der Waals surface area contributed by atoms with Gasteiger partial charge in [0.05, 0.1) is 6.10 Å². The average Bonchev–Trinajstić information content (AvgIpc) is 1.86. The van der Waals surface area contributed by atoms with E-state index in [1.807, 2.05) is 12.5 Å². The van der Waals surface area contributed by atoms with Gasteiger partial charge in [0.25, 0.3) is 0 Å². The van der Waals surface area contributed by atoms with E-state index in [1.54, 1.807) is 6.08 Å². The second kappa shape index (κ2) is 1.43. The normalized spacial score (nSPS) is 31.8. The first-order valence-electron chi connectivity index (χ1n) is 2.07. The monoisotopic (exact) mass is 83.0 g/mol. The van der Waals surface area contributed by atoms with Gasteiger partial charge in [-0.2, -0.15) is 0 Å². The van der Waals surface area contributed by atoms with Gasteiger partial charge in [-0.3, -0.25) is 0 Å². The highest BCUT2D eigenvalue weighted by molar-refractivity contribution is 5.07. The Hall–Kier alpha value is -0.300. The van der Waals surface area contributed by atoms with Crippen molar-refractivity contribution < 1.29 is 5.11 Å². The molecule has 0 saturated carbocycles. The third kappa shape index (κ3) is 0.601. The number of aliphatic hydroxyl groups excluding tert-OH is 1. The molecular formula is C5H7O. The van der Waals surface area contributed by atoms with E-state index in [0.717, 1.165) is 6.42 Å². The summed E-state index contributed by atoms with van der Waals surface area (Å²) in [5, 5.41) is 8.61. The van der Waals surface area contributed by atoms with E-state index in [9.17, 15) is 0 Å². The van der Waals surface area contributed by atoms with Crippen LogP contribution in [0.2, 0.25) is 0 Å². The number of rotatable bonds is 0. The molecule has 0 aromatic heterocycles. The molecule has 0 aromatic carbocycles. The second-order valence-corrected chi connectivity index (χ2v) is 1.42. The maximum Gasteiger partial charge on any atom is 0.0726 e. The Morgan fingerprint density at radius 2 is 2.50 bits per heavy atom. The molecule has 33 valence electrons. The SMILES string of the molecule is O[C@H]1C=C[CH]C1. The molecule has 1 radical (unpaired) electrons. The van der Waals surface area contributed by atoms with Crippen LogP contribution in [0.4, 0.5) is 0 Å². The van der Waals surface area contributed by atoms with Gasteiger partial charge >= 0.3 is 0 Å². The fourth-order valence-electron chi connectivity index (χ4n) is 0.503. The molecule has 1 aliphatic rings. The molecule has 6 heavy (non-hydrogen) atoms. The Morgan fingerprint density at radius 1 is 1.67 bits per heavy atom. The third-order valence-electron chi connectivity index (χ3n) is 0.847. The van der Waals surface area contributed by atoms with Crippen LogP contribution < -0.4 is 0 Å². The number of allylic oxidation sites excluding steroid dienone is 1. The highest BCUT2D eigenvalue weighted by atomic mass is 16.3. The molecule has 1 rings (SSSR count). The summed E-state index contributed by atoms with van der Waals surface area (Å²) in [5.41, 5.74) is 0. The zero-order chi connectivity index (χ0) is 4.41. The topological polar surface area (TPSA) is 20.2 Å². The van der Waals surface area contributed by atoms with E-state index in [1.165, 1.54) is 0 Å². The summed E-state index contributed by atoms with van der Waals surface area (Å²) >= 11 is 0. The van der Waals surface area contributed by atoms with Crippen LogP contribution in [-0.2, 0) is 0 Å². The van der Waals surface area contributed by atoms with Crippen LogP contribution in [0.5, 0.6) is 0 Å². The predicted molar refractivity (Wildman–Crippen MR) is 24.1 cm³/mol. The minimum absolute atomic E-state index is 0.190. The van der Waals surface area contributed by atoms with Gasteiger partial charge in [-0.1, -0.05) is 12.2 Å². The van der Waals surface area contributed by atoms with Crippen molar-refractivity contribution in [1.29, 1.82) is 0 Å². The van der Waals surface area contributed by atoms with Crippen LogP contribution in [0.15, 0.2) is 12.2 Å². The molecule has 0 saturated heterocycles. The lowest BCUT2D eigenvalue weighted by atomic mass is 10.3. The smallest absolute Gasteiger partial charge is 0.0726 e. The molecule has 0 fully saturated rings. The third-order valence-corrected chi connectivity index (χ3v) is 0.847. The van der Waals surface area contributed by atoms with Crippen LogP contribution in [0.25, 0.3) is 0 Å². The van der Waals surface area contributed by atoms with Crippen LogP contribution in [0, 0.1) is 6.42 Å². The maximum absolute atomic E-state index is 8.61. The summed E-state index contributed by atoms with van der Waals surface area (Å²) in [6.07, 6.45) is 6.22. The molecular weight excluding hydrogens is 76.1 g/mol. The highest BCUT2D eigenvalue weighted by Gasteiger charge is 2.01. The first kappa shape index (κ1) is 3.88. The van der Waals surface area contributed by atoms with Crippen molar-refractivity contribution in [3.63, 3.8) is 0 Å². The van der Waals surface area contributed by atoms with E-state index in [4.69, 9.17) is 5.11 Å². The standard InChI is InChI=1S/C5H7O/c6-5-3-1-2-4-5/h1-3,5-6H,4H2/t5-/m0/s1. The first-order valence-corrected chi connectivity index (χ1v) is 2.07. The van der Waals surface area contributed by atoms with E-state index in [2.05, 4.69) is 0 Å². The minimum atomic E-state index is -0.190. The average molecular weight is 83.1 g/mol. The van der Waals surface area contributed by atoms with Crippen molar-refractivity contribution in [2.75, 3.05) is 0 Å². The largest absolute Gasteiger partial charge is 0.389 e. The molecule has 0 heterocycles. The molecule has 0 aliphatic heterocycles. The van der Waals surface area contributed by atoms with Crippen LogP contribution in [0.1, 0.15) is 6.42 Å². The van der Waals surface area contributed by atoms with Gasteiger partial charge in [0.15, 0.2) is 0 Å². The fraction of sp³-hybridized carbons (Fsp3) is 0.400. The predicted octanol–water partition coefficient (Wildman–Crippen LogP) is 0.511. The van der Waals surface area contributed by atoms with Gasteiger partial charge < -0.3 is 5.11 Å². The Kier molecular flexibility index (Phi) is 0.926. The van der Waals surface area contributed by atoms with Gasteiger partial charge in [-0.05, 0) is 12.8 Å². The summed E-state index contributed by atoms with van der Waals surface area (Å²) in [6, 6.07) is 0. The van der Waals surface area contributed by atoms with Crippen molar-refractivity contribution in [2.24, 2.45) is 0 Å². The zero-order valence-electron chi connectivity index (χ0n) is 3.46. The summed E-state index contributed by atoms with van der Waals surface area (Å²) in [5.74, 6) is 0. The van der Waals surface area contributed by atoms with E-state index in [-0.39, 0.29) is 6.10 Å². The first-order chi connectivity index (χ1) is 2.89. The van der Waals surface area contributed by atoms with Gasteiger partial charge in [-0.15, -0.1) is 0 Å². The van der Waals surface area contributed by atoms with Crippen molar-refractivity contribution in [3.05, 3.63) is 18.6 Å². The van der Waals surface area contributed by atoms with Crippen molar-refractivity contribution >= 4 is 0 Å². The van der Waals surface area contributed by atoms with E-state index in [0.29, 0.717) is 0 Å². The van der Waals surface area contributed by atoms with Gasteiger partial charge in [0, 0.05) is 0 Å². The minimum Gasteiger partial charge on any atom is -0.389 e. The lowest BCUT2D eigenvalue weighted by Gasteiger charge is -1.89. The Morgan fingerprint density at radius 3 is 2.67 bits per heavy atom.